The van der Waals surface area contributed by atoms with Gasteiger partial charge in [-0.1, -0.05) is 13.8 Å². The van der Waals surface area contributed by atoms with Crippen LogP contribution in [0.3, 0.4) is 0 Å². The highest BCUT2D eigenvalue weighted by Crippen LogP contribution is 2.34. The molecule has 1 unspecified atom stereocenters. The lowest BCUT2D eigenvalue weighted by molar-refractivity contribution is -0.153. The SMILES string of the molecule is CC(C)[C@H](N)C(=O)N1CCCC(C(C)(C)C(=O)O)C1. The summed E-state index contributed by atoms with van der Waals surface area (Å²) >= 11 is 0. The van der Waals surface area contributed by atoms with Crippen molar-refractivity contribution in [2.75, 3.05) is 13.1 Å². The van der Waals surface area contributed by atoms with Gasteiger partial charge in [0.05, 0.1) is 11.5 Å². The number of carbonyl (C=O) groups is 2. The Kier molecular flexibility index (Phi) is 4.96. The van der Waals surface area contributed by atoms with Crippen molar-refractivity contribution in [3.63, 3.8) is 0 Å². The molecule has 1 aliphatic heterocycles. The first-order valence-electron chi connectivity index (χ1n) is 6.95. The van der Waals surface area contributed by atoms with E-state index in [9.17, 15) is 14.7 Å². The van der Waals surface area contributed by atoms with E-state index in [0.29, 0.717) is 13.1 Å². The molecule has 1 amide bonds. The van der Waals surface area contributed by atoms with E-state index >= 15 is 0 Å². The lowest BCUT2D eigenvalue weighted by atomic mass is 9.74. The van der Waals surface area contributed by atoms with Crippen molar-refractivity contribution >= 4 is 11.9 Å². The van der Waals surface area contributed by atoms with Gasteiger partial charge in [0.15, 0.2) is 0 Å². The van der Waals surface area contributed by atoms with Crippen LogP contribution in [0.25, 0.3) is 0 Å². The molecular formula is C14H26N2O3. The van der Waals surface area contributed by atoms with Gasteiger partial charge in [0.1, 0.15) is 0 Å². The van der Waals surface area contributed by atoms with Crippen LogP contribution in [0.15, 0.2) is 0 Å². The van der Waals surface area contributed by atoms with E-state index in [1.54, 1.807) is 18.7 Å². The third kappa shape index (κ3) is 3.47. The number of nitrogens with zero attached hydrogens (tertiary/aromatic N) is 1. The van der Waals surface area contributed by atoms with E-state index < -0.39 is 17.4 Å². The van der Waals surface area contributed by atoms with Gasteiger partial charge in [0, 0.05) is 13.1 Å². The van der Waals surface area contributed by atoms with Crippen molar-refractivity contribution in [2.45, 2.75) is 46.6 Å². The molecule has 0 saturated carbocycles. The summed E-state index contributed by atoms with van der Waals surface area (Å²) in [7, 11) is 0. The molecule has 1 fully saturated rings. The maximum absolute atomic E-state index is 12.2. The average Bonchev–Trinajstić information content (AvgIpc) is 2.36. The molecule has 2 atom stereocenters. The summed E-state index contributed by atoms with van der Waals surface area (Å²) < 4.78 is 0. The maximum atomic E-state index is 12.2. The lowest BCUT2D eigenvalue weighted by Gasteiger charge is -2.40. The largest absolute Gasteiger partial charge is 0.481 e. The van der Waals surface area contributed by atoms with E-state index in [1.165, 1.54) is 0 Å². The number of hydrogen-bond donors (Lipinski definition) is 2. The number of carbonyl (C=O) groups excluding carboxylic acids is 1. The van der Waals surface area contributed by atoms with Gasteiger partial charge < -0.3 is 15.7 Å². The highest BCUT2D eigenvalue weighted by molar-refractivity contribution is 5.82. The fourth-order valence-corrected chi connectivity index (χ4v) is 2.44. The second-order valence-corrected chi connectivity index (χ2v) is 6.42. The number of nitrogens with two attached hydrogens (primary N) is 1. The van der Waals surface area contributed by atoms with Crippen molar-refractivity contribution in [2.24, 2.45) is 23.0 Å². The Morgan fingerprint density at radius 2 is 1.95 bits per heavy atom. The van der Waals surface area contributed by atoms with Crippen LogP contribution < -0.4 is 5.73 Å². The van der Waals surface area contributed by atoms with Crippen LogP contribution in [0.5, 0.6) is 0 Å². The zero-order valence-electron chi connectivity index (χ0n) is 12.3. The second-order valence-electron chi connectivity index (χ2n) is 6.42. The normalized spacial score (nSPS) is 22.4. The summed E-state index contributed by atoms with van der Waals surface area (Å²) in [5.41, 5.74) is 5.09. The summed E-state index contributed by atoms with van der Waals surface area (Å²) in [6, 6.07) is -0.494. The Labute approximate surface area is 115 Å². The zero-order chi connectivity index (χ0) is 14.8. The minimum atomic E-state index is -0.806. The van der Waals surface area contributed by atoms with Gasteiger partial charge in [-0.2, -0.15) is 0 Å². The lowest BCUT2D eigenvalue weighted by Crippen LogP contribution is -2.52. The first-order chi connectivity index (χ1) is 8.67. The molecule has 1 saturated heterocycles. The zero-order valence-corrected chi connectivity index (χ0v) is 12.3. The first kappa shape index (κ1) is 16.0. The van der Waals surface area contributed by atoms with Gasteiger partial charge in [0.2, 0.25) is 5.91 Å². The van der Waals surface area contributed by atoms with Gasteiger partial charge >= 0.3 is 5.97 Å². The number of hydrogen-bond acceptors (Lipinski definition) is 3. The van der Waals surface area contributed by atoms with E-state index in [-0.39, 0.29) is 17.7 Å². The highest BCUT2D eigenvalue weighted by atomic mass is 16.4. The third-order valence-electron chi connectivity index (χ3n) is 4.31. The second kappa shape index (κ2) is 5.90. The molecule has 19 heavy (non-hydrogen) atoms. The smallest absolute Gasteiger partial charge is 0.309 e. The number of aliphatic carboxylic acids is 1. The van der Waals surface area contributed by atoms with Crippen LogP contribution in [0.2, 0.25) is 0 Å². The molecule has 110 valence electrons. The molecule has 5 nitrogen and oxygen atoms in total. The molecule has 1 aliphatic rings. The van der Waals surface area contributed by atoms with Crippen LogP contribution in [0, 0.1) is 17.3 Å². The molecule has 0 radical (unpaired) electrons. The molecule has 1 heterocycles. The van der Waals surface area contributed by atoms with Crippen LogP contribution in [0.1, 0.15) is 40.5 Å². The molecule has 0 spiro atoms. The molecule has 0 aromatic carbocycles. The minimum absolute atomic E-state index is 0.0120. The predicted molar refractivity (Wildman–Crippen MR) is 73.5 cm³/mol. The monoisotopic (exact) mass is 270 g/mol. The Bertz CT molecular complexity index is 353. The molecule has 1 rings (SSSR count). The third-order valence-corrected chi connectivity index (χ3v) is 4.31. The van der Waals surface area contributed by atoms with Crippen LogP contribution in [0.4, 0.5) is 0 Å². The van der Waals surface area contributed by atoms with Gasteiger partial charge in [-0.3, -0.25) is 9.59 Å². The fourth-order valence-electron chi connectivity index (χ4n) is 2.44. The molecule has 0 aromatic heterocycles. The number of carboxylic acid groups (broad SMARTS) is 1. The molecule has 5 heteroatoms. The Hall–Kier alpha value is -1.10. The number of piperidine rings is 1. The van der Waals surface area contributed by atoms with Crippen molar-refractivity contribution in [1.29, 1.82) is 0 Å². The summed E-state index contributed by atoms with van der Waals surface area (Å²) in [6.45, 7) is 8.49. The minimum Gasteiger partial charge on any atom is -0.481 e. The summed E-state index contributed by atoms with van der Waals surface area (Å²) in [5.74, 6) is -0.775. The van der Waals surface area contributed by atoms with E-state index in [4.69, 9.17) is 5.73 Å². The first-order valence-corrected chi connectivity index (χ1v) is 6.95. The predicted octanol–water partition coefficient (Wildman–Crippen LogP) is 1.32. The quantitative estimate of drug-likeness (QED) is 0.807. The summed E-state index contributed by atoms with van der Waals surface area (Å²) in [5, 5.41) is 9.29. The number of rotatable bonds is 4. The molecule has 0 aromatic rings. The van der Waals surface area contributed by atoms with E-state index in [0.717, 1.165) is 12.8 Å². The molecule has 0 bridgehead atoms. The van der Waals surface area contributed by atoms with Crippen LogP contribution in [-0.4, -0.2) is 41.0 Å². The number of likely N-dealkylation sites (tertiary alicyclic amines) is 1. The Balaban J connectivity index is 2.75. The van der Waals surface area contributed by atoms with Gasteiger partial charge in [-0.25, -0.2) is 0 Å². The van der Waals surface area contributed by atoms with E-state index in [1.807, 2.05) is 13.8 Å². The van der Waals surface area contributed by atoms with Crippen LogP contribution >= 0.6 is 0 Å². The van der Waals surface area contributed by atoms with Crippen molar-refractivity contribution < 1.29 is 14.7 Å². The van der Waals surface area contributed by atoms with Crippen molar-refractivity contribution in [3.05, 3.63) is 0 Å². The van der Waals surface area contributed by atoms with Gasteiger partial charge in [-0.05, 0) is 38.5 Å². The Morgan fingerprint density at radius 1 is 1.37 bits per heavy atom. The highest BCUT2D eigenvalue weighted by Gasteiger charge is 2.40. The summed E-state index contributed by atoms with van der Waals surface area (Å²) in [6.07, 6.45) is 1.69. The topological polar surface area (TPSA) is 83.6 Å². The van der Waals surface area contributed by atoms with Crippen molar-refractivity contribution in [1.82, 2.24) is 4.90 Å². The number of carboxylic acids is 1. The van der Waals surface area contributed by atoms with Crippen LogP contribution in [-0.2, 0) is 9.59 Å². The maximum Gasteiger partial charge on any atom is 0.309 e. The van der Waals surface area contributed by atoms with Gasteiger partial charge in [0.25, 0.3) is 0 Å². The molecule has 3 N–H and O–H groups in total. The standard InChI is InChI=1S/C14H26N2O3/c1-9(2)11(15)12(17)16-7-5-6-10(8-16)14(3,4)13(18)19/h9-11H,5-8,15H2,1-4H3,(H,18,19)/t10?,11-/m0/s1. The molecular weight excluding hydrogens is 244 g/mol. The van der Waals surface area contributed by atoms with Crippen molar-refractivity contribution in [3.8, 4) is 0 Å². The van der Waals surface area contributed by atoms with Gasteiger partial charge in [-0.15, -0.1) is 0 Å². The number of amides is 1. The van der Waals surface area contributed by atoms with E-state index in [2.05, 4.69) is 0 Å². The Morgan fingerprint density at radius 3 is 2.42 bits per heavy atom. The molecule has 0 aliphatic carbocycles. The fraction of sp³-hybridized carbons (Fsp3) is 0.857. The summed E-state index contributed by atoms with van der Waals surface area (Å²) in [4.78, 5) is 25.3. The average molecular weight is 270 g/mol.